The van der Waals surface area contributed by atoms with Gasteiger partial charge < -0.3 is 20.4 Å². The molecule has 25 heavy (non-hydrogen) atoms. The molecule has 1 saturated heterocycles. The van der Waals surface area contributed by atoms with Crippen LogP contribution >= 0.6 is 24.8 Å². The van der Waals surface area contributed by atoms with Gasteiger partial charge in [0.25, 0.3) is 5.91 Å². The van der Waals surface area contributed by atoms with Crippen molar-refractivity contribution in [3.63, 3.8) is 0 Å². The summed E-state index contributed by atoms with van der Waals surface area (Å²) >= 11 is 0. The van der Waals surface area contributed by atoms with Crippen molar-refractivity contribution in [2.24, 2.45) is 11.7 Å². The Bertz CT molecular complexity index is 682. The topological polar surface area (TPSA) is 71.5 Å². The van der Waals surface area contributed by atoms with Gasteiger partial charge in [-0.25, -0.2) is 0 Å². The summed E-state index contributed by atoms with van der Waals surface area (Å²) in [6.45, 7) is 4.73. The van der Waals surface area contributed by atoms with Crippen molar-refractivity contribution in [1.29, 1.82) is 0 Å². The van der Waals surface area contributed by atoms with Crippen LogP contribution in [-0.2, 0) is 6.54 Å². The third-order valence-electron chi connectivity index (χ3n) is 4.37. The molecule has 5 nitrogen and oxygen atoms in total. The third-order valence-corrected chi connectivity index (χ3v) is 4.37. The van der Waals surface area contributed by atoms with Crippen LogP contribution in [0.4, 0.5) is 11.4 Å². The third kappa shape index (κ3) is 5.39. The first-order chi connectivity index (χ1) is 11.2. The lowest BCUT2D eigenvalue weighted by Crippen LogP contribution is -2.32. The van der Waals surface area contributed by atoms with Gasteiger partial charge in [0, 0.05) is 24.5 Å². The molecular formula is C18H25Cl2N3O2. The number of halogens is 2. The number of carbonyl (C=O) groups is 1. The molecule has 1 amide bonds. The molecule has 1 aromatic heterocycles. The molecule has 1 aliphatic rings. The first-order valence-electron chi connectivity index (χ1n) is 8.09. The van der Waals surface area contributed by atoms with E-state index in [-0.39, 0.29) is 37.3 Å². The Kier molecular flexibility index (Phi) is 8.29. The fraction of sp³-hybridized carbons (Fsp3) is 0.389. The summed E-state index contributed by atoms with van der Waals surface area (Å²) in [6.07, 6.45) is 3.87. The van der Waals surface area contributed by atoms with Gasteiger partial charge in [-0.3, -0.25) is 4.79 Å². The molecule has 0 spiro atoms. The zero-order valence-electron chi connectivity index (χ0n) is 14.2. The number of amides is 1. The van der Waals surface area contributed by atoms with Gasteiger partial charge in [0.1, 0.15) is 12.0 Å². The van der Waals surface area contributed by atoms with Crippen LogP contribution in [0, 0.1) is 5.92 Å². The van der Waals surface area contributed by atoms with Crippen LogP contribution in [0.5, 0.6) is 0 Å². The molecule has 2 aromatic rings. The van der Waals surface area contributed by atoms with Crippen molar-refractivity contribution in [1.82, 2.24) is 0 Å². The van der Waals surface area contributed by atoms with Crippen molar-refractivity contribution in [3.05, 3.63) is 47.9 Å². The minimum Gasteiger partial charge on any atom is -0.467 e. The first kappa shape index (κ1) is 21.4. The quantitative estimate of drug-likeness (QED) is 0.831. The summed E-state index contributed by atoms with van der Waals surface area (Å²) in [5.41, 5.74) is 7.94. The van der Waals surface area contributed by atoms with E-state index in [9.17, 15) is 4.79 Å². The van der Waals surface area contributed by atoms with E-state index in [4.69, 9.17) is 10.2 Å². The standard InChI is InChI=1S/C18H23N3O2.2ClH/c1-13-5-7-21(8-6-13)16-4-2-3-15(10-16)20-18(22)14-9-17(11-19)23-12-14;;/h2-4,9-10,12-13H,5-8,11,19H2,1H3,(H,20,22);2*1H. The maximum Gasteiger partial charge on any atom is 0.258 e. The number of nitrogens with two attached hydrogens (primary N) is 1. The number of anilines is 2. The molecule has 3 rings (SSSR count). The van der Waals surface area contributed by atoms with E-state index in [1.165, 1.54) is 19.1 Å². The smallest absolute Gasteiger partial charge is 0.258 e. The number of nitrogens with zero attached hydrogens (tertiary/aromatic N) is 1. The molecule has 0 saturated carbocycles. The summed E-state index contributed by atoms with van der Waals surface area (Å²) in [5, 5.41) is 2.92. The van der Waals surface area contributed by atoms with Crippen molar-refractivity contribution >= 4 is 42.1 Å². The van der Waals surface area contributed by atoms with Gasteiger partial charge >= 0.3 is 0 Å². The van der Waals surface area contributed by atoms with Crippen LogP contribution in [-0.4, -0.2) is 19.0 Å². The maximum atomic E-state index is 12.2. The summed E-state index contributed by atoms with van der Waals surface area (Å²) in [7, 11) is 0. The average Bonchev–Trinajstić information content (AvgIpc) is 3.05. The van der Waals surface area contributed by atoms with Gasteiger partial charge in [-0.1, -0.05) is 13.0 Å². The normalized spacial score (nSPS) is 14.4. The second-order valence-corrected chi connectivity index (χ2v) is 6.18. The zero-order valence-corrected chi connectivity index (χ0v) is 15.9. The van der Waals surface area contributed by atoms with E-state index >= 15 is 0 Å². The van der Waals surface area contributed by atoms with Crippen molar-refractivity contribution < 1.29 is 9.21 Å². The fourth-order valence-corrected chi connectivity index (χ4v) is 2.86. The Hall–Kier alpha value is -1.69. The predicted molar refractivity (Wildman–Crippen MR) is 106 cm³/mol. The number of hydrogen-bond donors (Lipinski definition) is 2. The number of carbonyl (C=O) groups excluding carboxylic acids is 1. The summed E-state index contributed by atoms with van der Waals surface area (Å²) in [4.78, 5) is 14.6. The summed E-state index contributed by atoms with van der Waals surface area (Å²) in [5.74, 6) is 1.22. The highest BCUT2D eigenvalue weighted by atomic mass is 35.5. The van der Waals surface area contributed by atoms with Crippen LogP contribution in [0.15, 0.2) is 41.0 Å². The van der Waals surface area contributed by atoms with Crippen molar-refractivity contribution in [3.8, 4) is 0 Å². The van der Waals surface area contributed by atoms with Crippen LogP contribution in [0.3, 0.4) is 0 Å². The number of piperidine rings is 1. The SMILES string of the molecule is CC1CCN(c2cccc(NC(=O)c3coc(CN)c3)c2)CC1.Cl.Cl. The Balaban J connectivity index is 0.00000156. The Morgan fingerprint density at radius 3 is 2.64 bits per heavy atom. The summed E-state index contributed by atoms with van der Waals surface area (Å²) in [6, 6.07) is 9.67. The lowest BCUT2D eigenvalue weighted by molar-refractivity contribution is 0.102. The molecule has 7 heteroatoms. The second-order valence-electron chi connectivity index (χ2n) is 6.18. The van der Waals surface area contributed by atoms with Gasteiger partial charge in [-0.05, 0) is 43.0 Å². The highest BCUT2D eigenvalue weighted by Gasteiger charge is 2.16. The lowest BCUT2D eigenvalue weighted by atomic mass is 9.99. The minimum atomic E-state index is -0.183. The number of nitrogens with one attached hydrogen (secondary N) is 1. The van der Waals surface area contributed by atoms with E-state index in [1.54, 1.807) is 6.07 Å². The molecule has 0 unspecified atom stereocenters. The van der Waals surface area contributed by atoms with E-state index in [0.29, 0.717) is 11.3 Å². The fourth-order valence-electron chi connectivity index (χ4n) is 2.86. The molecule has 2 heterocycles. The van der Waals surface area contributed by atoms with E-state index < -0.39 is 0 Å². The highest BCUT2D eigenvalue weighted by Crippen LogP contribution is 2.25. The number of hydrogen-bond acceptors (Lipinski definition) is 4. The van der Waals surface area contributed by atoms with E-state index in [0.717, 1.165) is 30.4 Å². The molecule has 1 aliphatic heterocycles. The molecule has 0 radical (unpaired) electrons. The van der Waals surface area contributed by atoms with Gasteiger partial charge in [-0.2, -0.15) is 0 Å². The molecule has 138 valence electrons. The second kappa shape index (κ2) is 9.70. The lowest BCUT2D eigenvalue weighted by Gasteiger charge is -2.32. The Morgan fingerprint density at radius 2 is 2.00 bits per heavy atom. The summed E-state index contributed by atoms with van der Waals surface area (Å²) < 4.78 is 5.21. The molecule has 1 fully saturated rings. The van der Waals surface area contributed by atoms with Crippen LogP contribution < -0.4 is 16.0 Å². The Labute approximate surface area is 160 Å². The van der Waals surface area contributed by atoms with Crippen molar-refractivity contribution in [2.45, 2.75) is 26.3 Å². The minimum absolute atomic E-state index is 0. The zero-order chi connectivity index (χ0) is 16.2. The number of rotatable bonds is 4. The predicted octanol–water partition coefficient (Wildman–Crippen LogP) is 4.07. The molecular weight excluding hydrogens is 361 g/mol. The van der Waals surface area contributed by atoms with E-state index in [2.05, 4.69) is 23.2 Å². The first-order valence-corrected chi connectivity index (χ1v) is 8.09. The molecule has 1 aromatic carbocycles. The number of benzene rings is 1. The van der Waals surface area contributed by atoms with Gasteiger partial charge in [0.2, 0.25) is 0 Å². The van der Waals surface area contributed by atoms with Crippen LogP contribution in [0.2, 0.25) is 0 Å². The Morgan fingerprint density at radius 1 is 1.28 bits per heavy atom. The van der Waals surface area contributed by atoms with Gasteiger partial charge in [0.05, 0.1) is 12.1 Å². The average molecular weight is 386 g/mol. The van der Waals surface area contributed by atoms with Gasteiger partial charge in [-0.15, -0.1) is 24.8 Å². The largest absolute Gasteiger partial charge is 0.467 e. The molecule has 3 N–H and O–H groups in total. The molecule has 0 bridgehead atoms. The highest BCUT2D eigenvalue weighted by molar-refractivity contribution is 6.04. The maximum absolute atomic E-state index is 12.2. The van der Waals surface area contributed by atoms with Crippen molar-refractivity contribution in [2.75, 3.05) is 23.3 Å². The van der Waals surface area contributed by atoms with Crippen LogP contribution in [0.25, 0.3) is 0 Å². The number of furan rings is 1. The molecule has 0 aliphatic carbocycles. The van der Waals surface area contributed by atoms with Crippen LogP contribution in [0.1, 0.15) is 35.9 Å². The van der Waals surface area contributed by atoms with Gasteiger partial charge in [0.15, 0.2) is 0 Å². The molecule has 0 atom stereocenters. The monoisotopic (exact) mass is 385 g/mol. The van der Waals surface area contributed by atoms with E-state index in [1.807, 2.05) is 18.2 Å².